The number of sulfonamides is 1. The number of rotatable bonds is 6. The molecule has 0 aromatic heterocycles. The van der Waals surface area contributed by atoms with Crippen LogP contribution in [0.25, 0.3) is 0 Å². The smallest absolute Gasteiger partial charge is 0.224 e. The first-order chi connectivity index (χ1) is 11.3. The maximum atomic E-state index is 12.3. The lowest BCUT2D eigenvalue weighted by molar-refractivity contribution is -0.126. The number of carbonyl (C=O) groups excluding carboxylic acids is 1. The fourth-order valence-electron chi connectivity index (χ4n) is 2.75. The summed E-state index contributed by atoms with van der Waals surface area (Å²) < 4.78 is 30.2. The number of ether oxygens (including phenoxy) is 1. The van der Waals surface area contributed by atoms with Crippen molar-refractivity contribution in [1.82, 2.24) is 9.62 Å². The van der Waals surface area contributed by atoms with E-state index in [4.69, 9.17) is 4.74 Å². The van der Waals surface area contributed by atoms with Gasteiger partial charge in [-0.3, -0.25) is 4.79 Å². The van der Waals surface area contributed by atoms with Gasteiger partial charge in [-0.25, -0.2) is 12.7 Å². The van der Waals surface area contributed by atoms with Crippen molar-refractivity contribution in [2.75, 3.05) is 19.3 Å². The van der Waals surface area contributed by atoms with Crippen LogP contribution < -0.4 is 10.1 Å². The van der Waals surface area contributed by atoms with Crippen LogP contribution in [0.4, 0.5) is 0 Å². The van der Waals surface area contributed by atoms with Crippen molar-refractivity contribution in [2.45, 2.75) is 39.3 Å². The first-order valence-electron chi connectivity index (χ1n) is 8.24. The van der Waals surface area contributed by atoms with Crippen molar-refractivity contribution >= 4 is 15.9 Å². The van der Waals surface area contributed by atoms with E-state index in [1.165, 1.54) is 10.6 Å². The summed E-state index contributed by atoms with van der Waals surface area (Å²) in [6, 6.07) is 7.60. The van der Waals surface area contributed by atoms with E-state index in [9.17, 15) is 13.2 Å². The minimum atomic E-state index is -3.23. The molecular formula is C17H26N2O4S. The number of hydrogen-bond donors (Lipinski definition) is 1. The Balaban J connectivity index is 1.86. The van der Waals surface area contributed by atoms with Crippen LogP contribution in [-0.4, -0.2) is 44.1 Å². The fourth-order valence-corrected chi connectivity index (χ4v) is 3.66. The van der Waals surface area contributed by atoms with Crippen LogP contribution in [0.5, 0.6) is 5.75 Å². The second-order valence-corrected chi connectivity index (χ2v) is 8.47. The summed E-state index contributed by atoms with van der Waals surface area (Å²) >= 11 is 0. The number of nitrogens with one attached hydrogen (secondary N) is 1. The molecule has 0 aliphatic carbocycles. The van der Waals surface area contributed by atoms with E-state index in [0.29, 0.717) is 19.5 Å². The number of hydrogen-bond acceptors (Lipinski definition) is 4. The highest BCUT2D eigenvalue weighted by atomic mass is 32.2. The lowest BCUT2D eigenvalue weighted by Gasteiger charge is -2.30. The molecule has 0 radical (unpaired) electrons. The highest BCUT2D eigenvalue weighted by Crippen LogP contribution is 2.19. The van der Waals surface area contributed by atoms with Gasteiger partial charge in [0.1, 0.15) is 5.75 Å². The Hall–Kier alpha value is -1.60. The highest BCUT2D eigenvalue weighted by molar-refractivity contribution is 7.88. The molecule has 1 aliphatic heterocycles. The van der Waals surface area contributed by atoms with Crippen molar-refractivity contribution in [2.24, 2.45) is 5.92 Å². The van der Waals surface area contributed by atoms with Gasteiger partial charge >= 0.3 is 0 Å². The fraction of sp³-hybridized carbons (Fsp3) is 0.588. The van der Waals surface area contributed by atoms with E-state index in [-0.39, 0.29) is 24.5 Å². The Morgan fingerprint density at radius 3 is 2.58 bits per heavy atom. The zero-order valence-corrected chi connectivity index (χ0v) is 15.3. The lowest BCUT2D eigenvalue weighted by atomic mass is 9.99. The average molecular weight is 354 g/mol. The van der Waals surface area contributed by atoms with Crippen LogP contribution in [0.1, 0.15) is 32.3 Å². The van der Waals surface area contributed by atoms with Crippen LogP contribution in [0.15, 0.2) is 24.3 Å². The summed E-state index contributed by atoms with van der Waals surface area (Å²) in [6.45, 7) is 5.14. The van der Waals surface area contributed by atoms with E-state index in [1.807, 2.05) is 38.1 Å². The van der Waals surface area contributed by atoms with Gasteiger partial charge in [0.15, 0.2) is 0 Å². The van der Waals surface area contributed by atoms with Crippen LogP contribution in [0.3, 0.4) is 0 Å². The van der Waals surface area contributed by atoms with Crippen molar-refractivity contribution < 1.29 is 17.9 Å². The minimum absolute atomic E-state index is 0.0918. The SMILES string of the molecule is CC(C)Oc1ccc(CNC(=O)[C@H]2CCCN(S(C)(=O)=O)C2)cc1. The quantitative estimate of drug-likeness (QED) is 0.845. The molecule has 7 heteroatoms. The van der Waals surface area contributed by atoms with E-state index < -0.39 is 10.0 Å². The normalized spacial score (nSPS) is 19.2. The van der Waals surface area contributed by atoms with Gasteiger partial charge in [0.2, 0.25) is 15.9 Å². The first-order valence-corrected chi connectivity index (χ1v) is 10.1. The topological polar surface area (TPSA) is 75.7 Å². The molecule has 0 spiro atoms. The molecule has 2 rings (SSSR count). The Kier molecular flexibility index (Phi) is 6.23. The molecule has 1 aromatic rings. The Morgan fingerprint density at radius 1 is 1.33 bits per heavy atom. The molecule has 1 heterocycles. The van der Waals surface area contributed by atoms with E-state index in [2.05, 4.69) is 5.32 Å². The van der Waals surface area contributed by atoms with Gasteiger partial charge in [0, 0.05) is 19.6 Å². The number of amides is 1. The third kappa shape index (κ3) is 5.49. The number of nitrogens with zero attached hydrogens (tertiary/aromatic N) is 1. The molecule has 0 saturated carbocycles. The predicted molar refractivity (Wildman–Crippen MR) is 93.2 cm³/mol. The van der Waals surface area contributed by atoms with Gasteiger partial charge in [0.25, 0.3) is 0 Å². The monoisotopic (exact) mass is 354 g/mol. The van der Waals surface area contributed by atoms with Crippen LogP contribution in [0, 0.1) is 5.92 Å². The molecule has 1 fully saturated rings. The molecule has 1 saturated heterocycles. The second kappa shape index (κ2) is 7.98. The summed E-state index contributed by atoms with van der Waals surface area (Å²) in [5.41, 5.74) is 0.982. The number of benzene rings is 1. The van der Waals surface area contributed by atoms with Crippen molar-refractivity contribution in [3.63, 3.8) is 0 Å². The average Bonchev–Trinajstić information content (AvgIpc) is 2.53. The second-order valence-electron chi connectivity index (χ2n) is 6.49. The first kappa shape index (κ1) is 18.7. The lowest BCUT2D eigenvalue weighted by Crippen LogP contribution is -2.44. The summed E-state index contributed by atoms with van der Waals surface area (Å²) in [7, 11) is -3.23. The molecular weight excluding hydrogens is 328 g/mol. The van der Waals surface area contributed by atoms with Gasteiger partial charge in [-0.15, -0.1) is 0 Å². The van der Waals surface area contributed by atoms with E-state index >= 15 is 0 Å². The molecule has 0 bridgehead atoms. The third-order valence-corrected chi connectivity index (χ3v) is 5.26. The summed E-state index contributed by atoms with van der Waals surface area (Å²) in [4.78, 5) is 12.3. The van der Waals surface area contributed by atoms with E-state index in [0.717, 1.165) is 17.7 Å². The largest absolute Gasteiger partial charge is 0.491 e. The molecule has 6 nitrogen and oxygen atoms in total. The number of carbonyl (C=O) groups is 1. The van der Waals surface area contributed by atoms with Crippen LogP contribution in [-0.2, 0) is 21.4 Å². The minimum Gasteiger partial charge on any atom is -0.491 e. The molecule has 24 heavy (non-hydrogen) atoms. The van der Waals surface area contributed by atoms with Gasteiger partial charge in [-0.1, -0.05) is 12.1 Å². The molecule has 1 atom stereocenters. The zero-order chi connectivity index (χ0) is 17.7. The maximum Gasteiger partial charge on any atom is 0.224 e. The van der Waals surface area contributed by atoms with Crippen molar-refractivity contribution in [3.05, 3.63) is 29.8 Å². The third-order valence-electron chi connectivity index (χ3n) is 3.99. The molecule has 1 N–H and O–H groups in total. The van der Waals surface area contributed by atoms with Crippen molar-refractivity contribution in [1.29, 1.82) is 0 Å². The molecule has 1 aromatic carbocycles. The van der Waals surface area contributed by atoms with Gasteiger partial charge in [-0.2, -0.15) is 0 Å². The Bertz CT molecular complexity index is 656. The predicted octanol–water partition coefficient (Wildman–Crippen LogP) is 1.76. The molecule has 134 valence electrons. The molecule has 1 amide bonds. The molecule has 1 aliphatic rings. The zero-order valence-electron chi connectivity index (χ0n) is 14.5. The van der Waals surface area contributed by atoms with Crippen LogP contribution in [0.2, 0.25) is 0 Å². The maximum absolute atomic E-state index is 12.3. The Morgan fingerprint density at radius 2 is 2.00 bits per heavy atom. The summed E-state index contributed by atoms with van der Waals surface area (Å²) in [5, 5.41) is 2.90. The number of piperidine rings is 1. The highest BCUT2D eigenvalue weighted by Gasteiger charge is 2.29. The summed E-state index contributed by atoms with van der Waals surface area (Å²) in [5.74, 6) is 0.430. The van der Waals surface area contributed by atoms with Crippen LogP contribution >= 0.6 is 0 Å². The Labute approximate surface area is 144 Å². The summed E-state index contributed by atoms with van der Waals surface area (Å²) in [6.07, 6.45) is 2.75. The van der Waals surface area contributed by atoms with Gasteiger partial charge < -0.3 is 10.1 Å². The molecule has 0 unspecified atom stereocenters. The van der Waals surface area contributed by atoms with Crippen molar-refractivity contribution in [3.8, 4) is 5.75 Å². The standard InChI is InChI=1S/C17H26N2O4S/c1-13(2)23-16-8-6-14(7-9-16)11-18-17(20)15-5-4-10-19(12-15)24(3,21)22/h6-9,13,15H,4-5,10-12H2,1-3H3,(H,18,20)/t15-/m0/s1. The van der Waals surface area contributed by atoms with Gasteiger partial charge in [-0.05, 0) is 44.4 Å². The van der Waals surface area contributed by atoms with E-state index in [1.54, 1.807) is 0 Å². The van der Waals surface area contributed by atoms with Gasteiger partial charge in [0.05, 0.1) is 18.3 Å².